The number of carbonyl (C=O) groups is 1. The molecule has 5 nitrogen and oxygen atoms in total. The van der Waals surface area contributed by atoms with Crippen LogP contribution in [0.25, 0.3) is 0 Å². The number of nitrogens with two attached hydrogens (primary N) is 1. The second-order valence-corrected chi connectivity index (χ2v) is 6.11. The number of amides is 1. The molecule has 134 valence electrons. The third-order valence-corrected chi connectivity index (χ3v) is 4.31. The highest BCUT2D eigenvalue weighted by Crippen LogP contribution is 2.32. The lowest BCUT2D eigenvalue weighted by atomic mass is 10.0. The molecular formula is C15H20ClF3N4O. The number of nitrogens with zero attached hydrogens (tertiary/aromatic N) is 2. The van der Waals surface area contributed by atoms with Crippen LogP contribution < -0.4 is 11.1 Å². The number of pyridine rings is 1. The van der Waals surface area contributed by atoms with Crippen molar-refractivity contribution in [3.8, 4) is 0 Å². The number of likely N-dealkylation sites (tertiary alicyclic amines) is 1. The lowest BCUT2D eigenvalue weighted by Crippen LogP contribution is -2.47. The number of carbonyl (C=O) groups excluding carboxylic acids is 1. The van der Waals surface area contributed by atoms with E-state index in [1.165, 1.54) is 0 Å². The Labute approximate surface area is 143 Å². The molecule has 1 atom stereocenters. The van der Waals surface area contributed by atoms with Gasteiger partial charge in [0.05, 0.1) is 10.6 Å². The van der Waals surface area contributed by atoms with Crippen LogP contribution in [0.5, 0.6) is 0 Å². The molecule has 1 aromatic rings. The van der Waals surface area contributed by atoms with Crippen LogP contribution in [0.1, 0.15) is 31.2 Å². The van der Waals surface area contributed by atoms with Gasteiger partial charge < -0.3 is 16.0 Å². The van der Waals surface area contributed by atoms with Gasteiger partial charge in [-0.15, -0.1) is 0 Å². The summed E-state index contributed by atoms with van der Waals surface area (Å²) in [7, 11) is 0. The summed E-state index contributed by atoms with van der Waals surface area (Å²) in [6.45, 7) is 1.37. The molecule has 1 saturated heterocycles. The van der Waals surface area contributed by atoms with Crippen molar-refractivity contribution in [3.63, 3.8) is 0 Å². The van der Waals surface area contributed by atoms with Gasteiger partial charge in [-0.1, -0.05) is 11.6 Å². The van der Waals surface area contributed by atoms with E-state index < -0.39 is 11.7 Å². The number of halogens is 4. The van der Waals surface area contributed by atoms with Gasteiger partial charge in [-0.25, -0.2) is 4.98 Å². The number of hydrogen-bond acceptors (Lipinski definition) is 4. The molecule has 1 fully saturated rings. The Bertz CT molecular complexity index is 582. The van der Waals surface area contributed by atoms with Crippen LogP contribution in [0.3, 0.4) is 0 Å². The SMILES string of the molecule is NCC1CCCCN1C(=O)CCNc1ncc(C(F)(F)F)cc1Cl. The van der Waals surface area contributed by atoms with E-state index in [1.54, 1.807) is 4.90 Å². The van der Waals surface area contributed by atoms with Crippen LogP contribution in [0.15, 0.2) is 12.3 Å². The van der Waals surface area contributed by atoms with Crippen molar-refractivity contribution in [2.75, 3.05) is 25.0 Å². The van der Waals surface area contributed by atoms with Gasteiger partial charge in [0.25, 0.3) is 0 Å². The first-order valence-electron chi connectivity index (χ1n) is 7.79. The summed E-state index contributed by atoms with van der Waals surface area (Å²) >= 11 is 5.81. The molecule has 9 heteroatoms. The highest BCUT2D eigenvalue weighted by atomic mass is 35.5. The molecule has 3 N–H and O–H groups in total. The van der Waals surface area contributed by atoms with Gasteiger partial charge in [0.15, 0.2) is 0 Å². The van der Waals surface area contributed by atoms with Crippen LogP contribution in [0.4, 0.5) is 19.0 Å². The van der Waals surface area contributed by atoms with E-state index in [9.17, 15) is 18.0 Å². The zero-order chi connectivity index (χ0) is 17.7. The summed E-state index contributed by atoms with van der Waals surface area (Å²) in [6, 6.07) is 0.882. The molecule has 0 bridgehead atoms. The molecule has 2 rings (SSSR count). The van der Waals surface area contributed by atoms with Gasteiger partial charge in [-0.2, -0.15) is 13.2 Å². The lowest BCUT2D eigenvalue weighted by Gasteiger charge is -2.35. The molecule has 1 aromatic heterocycles. The Balaban J connectivity index is 1.88. The van der Waals surface area contributed by atoms with Gasteiger partial charge in [-0.3, -0.25) is 4.79 Å². The first-order valence-corrected chi connectivity index (χ1v) is 8.17. The Morgan fingerprint density at radius 1 is 1.46 bits per heavy atom. The Morgan fingerprint density at radius 2 is 2.21 bits per heavy atom. The van der Waals surface area contributed by atoms with Crippen LogP contribution in [0.2, 0.25) is 5.02 Å². The van der Waals surface area contributed by atoms with E-state index in [0.29, 0.717) is 19.3 Å². The van der Waals surface area contributed by atoms with Crippen molar-refractivity contribution >= 4 is 23.3 Å². The zero-order valence-corrected chi connectivity index (χ0v) is 13.8. The predicted molar refractivity (Wildman–Crippen MR) is 85.8 cm³/mol. The van der Waals surface area contributed by atoms with E-state index in [1.807, 2.05) is 0 Å². The fraction of sp³-hybridized carbons (Fsp3) is 0.600. The highest BCUT2D eigenvalue weighted by Gasteiger charge is 2.31. The van der Waals surface area contributed by atoms with Gasteiger partial charge in [0.1, 0.15) is 5.82 Å². The van der Waals surface area contributed by atoms with Gasteiger partial charge in [-0.05, 0) is 25.3 Å². The molecule has 0 aliphatic carbocycles. The minimum Gasteiger partial charge on any atom is -0.368 e. The number of anilines is 1. The molecule has 0 saturated carbocycles. The van der Waals surface area contributed by atoms with Crippen molar-refractivity contribution in [3.05, 3.63) is 22.8 Å². The molecule has 0 aromatic carbocycles. The first-order chi connectivity index (χ1) is 11.3. The van der Waals surface area contributed by atoms with Crippen LogP contribution in [0, 0.1) is 0 Å². The van der Waals surface area contributed by atoms with Crippen LogP contribution in [-0.4, -0.2) is 41.5 Å². The van der Waals surface area contributed by atoms with Crippen molar-refractivity contribution in [1.82, 2.24) is 9.88 Å². The molecule has 2 heterocycles. The maximum atomic E-state index is 12.6. The molecule has 1 unspecified atom stereocenters. The number of nitrogens with one attached hydrogen (secondary N) is 1. The average Bonchev–Trinajstić information content (AvgIpc) is 2.55. The third kappa shape index (κ3) is 4.73. The van der Waals surface area contributed by atoms with Gasteiger partial charge in [0, 0.05) is 38.3 Å². The van der Waals surface area contributed by atoms with Crippen molar-refractivity contribution in [1.29, 1.82) is 0 Å². The molecular weight excluding hydrogens is 345 g/mol. The zero-order valence-electron chi connectivity index (χ0n) is 13.1. The molecule has 1 amide bonds. The van der Waals surface area contributed by atoms with E-state index in [4.69, 9.17) is 17.3 Å². The maximum Gasteiger partial charge on any atom is 0.417 e. The van der Waals surface area contributed by atoms with Crippen LogP contribution in [-0.2, 0) is 11.0 Å². The maximum absolute atomic E-state index is 12.6. The monoisotopic (exact) mass is 364 g/mol. The summed E-state index contributed by atoms with van der Waals surface area (Å²) in [4.78, 5) is 17.7. The number of aromatic nitrogens is 1. The third-order valence-electron chi connectivity index (χ3n) is 4.02. The van der Waals surface area contributed by atoms with Crippen molar-refractivity contribution in [2.24, 2.45) is 5.73 Å². The number of piperidine rings is 1. The van der Waals surface area contributed by atoms with Crippen LogP contribution >= 0.6 is 11.6 Å². The topological polar surface area (TPSA) is 71.2 Å². The normalized spacial score (nSPS) is 18.5. The summed E-state index contributed by atoms with van der Waals surface area (Å²) in [5.41, 5.74) is 4.78. The average molecular weight is 365 g/mol. The standard InChI is InChI=1S/C15H20ClF3N4O/c16-12-7-10(15(17,18)19)9-22-14(12)21-5-4-13(24)23-6-2-1-3-11(23)8-20/h7,9,11H,1-6,8,20H2,(H,21,22). The fourth-order valence-corrected chi connectivity index (χ4v) is 2.96. The van der Waals surface area contributed by atoms with E-state index in [0.717, 1.165) is 25.3 Å². The second-order valence-electron chi connectivity index (χ2n) is 5.70. The van der Waals surface area contributed by atoms with E-state index in [2.05, 4.69) is 10.3 Å². The minimum absolute atomic E-state index is 0.0271. The molecule has 1 aliphatic rings. The predicted octanol–water partition coefficient (Wildman–Crippen LogP) is 2.90. The summed E-state index contributed by atoms with van der Waals surface area (Å²) in [5.74, 6) is 0.104. The number of hydrogen-bond donors (Lipinski definition) is 2. The Hall–Kier alpha value is -1.54. The summed E-state index contributed by atoms with van der Waals surface area (Å²) in [5, 5.41) is 2.68. The smallest absolute Gasteiger partial charge is 0.368 e. The molecule has 1 aliphatic heterocycles. The summed E-state index contributed by atoms with van der Waals surface area (Å²) < 4.78 is 37.7. The molecule has 0 radical (unpaired) electrons. The van der Waals surface area contributed by atoms with E-state index in [-0.39, 0.29) is 35.8 Å². The van der Waals surface area contributed by atoms with Crippen molar-refractivity contribution < 1.29 is 18.0 Å². The Morgan fingerprint density at radius 3 is 2.83 bits per heavy atom. The van der Waals surface area contributed by atoms with Crippen molar-refractivity contribution in [2.45, 2.75) is 37.9 Å². The Kier molecular flexibility index (Phi) is 6.28. The van der Waals surface area contributed by atoms with Gasteiger partial charge >= 0.3 is 6.18 Å². The highest BCUT2D eigenvalue weighted by molar-refractivity contribution is 6.32. The number of alkyl halides is 3. The largest absolute Gasteiger partial charge is 0.417 e. The lowest BCUT2D eigenvalue weighted by molar-refractivity contribution is -0.138. The van der Waals surface area contributed by atoms with Gasteiger partial charge in [0.2, 0.25) is 5.91 Å². The second kappa shape index (κ2) is 8.02. The molecule has 0 spiro atoms. The summed E-state index contributed by atoms with van der Waals surface area (Å²) in [6.07, 6.45) is -0.643. The first kappa shape index (κ1) is 18.8. The molecule has 24 heavy (non-hydrogen) atoms. The van der Waals surface area contributed by atoms with E-state index >= 15 is 0 Å². The quantitative estimate of drug-likeness (QED) is 0.842. The minimum atomic E-state index is -4.49. The number of rotatable bonds is 5. The fourth-order valence-electron chi connectivity index (χ4n) is 2.73.